The molecule has 0 radical (unpaired) electrons. The summed E-state index contributed by atoms with van der Waals surface area (Å²) in [5.41, 5.74) is 1.97. The van der Waals surface area contributed by atoms with Gasteiger partial charge in [-0.15, -0.1) is 11.3 Å². The second-order valence-corrected chi connectivity index (χ2v) is 4.51. The van der Waals surface area contributed by atoms with Crippen molar-refractivity contribution in [3.63, 3.8) is 0 Å². The van der Waals surface area contributed by atoms with Crippen LogP contribution in [0, 0.1) is 18.3 Å². The maximum Gasteiger partial charge on any atom is 0.100 e. The van der Waals surface area contributed by atoms with Crippen LogP contribution in [0.2, 0.25) is 0 Å². The van der Waals surface area contributed by atoms with Gasteiger partial charge in [0, 0.05) is 0 Å². The summed E-state index contributed by atoms with van der Waals surface area (Å²) in [6.07, 6.45) is 0. The largest absolute Gasteiger partial charge is 0.192 e. The lowest BCUT2D eigenvalue weighted by Crippen LogP contribution is -1.77. The van der Waals surface area contributed by atoms with Crippen molar-refractivity contribution in [3.8, 4) is 6.07 Å². The minimum atomic E-state index is 0.703. The lowest BCUT2D eigenvalue weighted by atomic mass is 10.1. The Morgan fingerprint density at radius 2 is 2.23 bits per heavy atom. The number of nitrogens with zero attached hydrogens (tertiary/aromatic N) is 1. The van der Waals surface area contributed by atoms with Gasteiger partial charge in [0.2, 0.25) is 0 Å². The number of thiophene rings is 1. The van der Waals surface area contributed by atoms with Gasteiger partial charge in [0.25, 0.3) is 0 Å². The molecule has 0 atom stereocenters. The molecule has 64 valence electrons. The van der Waals surface area contributed by atoms with Crippen LogP contribution < -0.4 is 0 Å². The van der Waals surface area contributed by atoms with Crippen molar-refractivity contribution < 1.29 is 0 Å². The number of hydrogen-bond acceptors (Lipinski definition) is 2. The standard InChI is InChI=1S/C10H6BrNS/c1-6-5-13-10-8(6)3-2-7(4-12)9(10)11/h2-3,5H,1H3. The van der Waals surface area contributed by atoms with Crippen molar-refractivity contribution in [2.45, 2.75) is 6.92 Å². The number of rotatable bonds is 0. The topological polar surface area (TPSA) is 23.8 Å². The molecule has 0 unspecified atom stereocenters. The Kier molecular flexibility index (Phi) is 2.10. The zero-order valence-corrected chi connectivity index (χ0v) is 9.37. The lowest BCUT2D eigenvalue weighted by Gasteiger charge is -1.96. The molecule has 0 aliphatic heterocycles. The van der Waals surface area contributed by atoms with Crippen LogP contribution in [0.4, 0.5) is 0 Å². The van der Waals surface area contributed by atoms with Gasteiger partial charge in [0.1, 0.15) is 6.07 Å². The Morgan fingerprint density at radius 3 is 2.92 bits per heavy atom. The molecule has 1 aromatic carbocycles. The second-order valence-electron chi connectivity index (χ2n) is 2.83. The average molecular weight is 252 g/mol. The van der Waals surface area contributed by atoms with E-state index in [-0.39, 0.29) is 0 Å². The number of aryl methyl sites for hydroxylation is 1. The van der Waals surface area contributed by atoms with Gasteiger partial charge < -0.3 is 0 Å². The Balaban J connectivity index is 2.90. The third kappa shape index (κ3) is 1.27. The van der Waals surface area contributed by atoms with Crippen molar-refractivity contribution in [2.75, 3.05) is 0 Å². The summed E-state index contributed by atoms with van der Waals surface area (Å²) in [6.45, 7) is 2.08. The van der Waals surface area contributed by atoms with Crippen molar-refractivity contribution in [1.82, 2.24) is 0 Å². The molecule has 13 heavy (non-hydrogen) atoms. The number of fused-ring (bicyclic) bond motifs is 1. The molecular weight excluding hydrogens is 246 g/mol. The fourth-order valence-electron chi connectivity index (χ4n) is 1.28. The van der Waals surface area contributed by atoms with Gasteiger partial charge in [0.05, 0.1) is 14.7 Å². The van der Waals surface area contributed by atoms with E-state index in [2.05, 4.69) is 34.3 Å². The minimum absolute atomic E-state index is 0.703. The third-order valence-corrected chi connectivity index (χ3v) is 4.21. The number of hydrogen-bond donors (Lipinski definition) is 0. The highest BCUT2D eigenvalue weighted by atomic mass is 79.9. The molecule has 2 rings (SSSR count). The Hall–Kier alpha value is -0.850. The number of halogens is 1. The second kappa shape index (κ2) is 3.13. The van der Waals surface area contributed by atoms with E-state index in [1.54, 1.807) is 11.3 Å². The van der Waals surface area contributed by atoms with Crippen LogP contribution in [0.15, 0.2) is 22.0 Å². The summed E-state index contributed by atoms with van der Waals surface area (Å²) in [6, 6.07) is 6.01. The van der Waals surface area contributed by atoms with Crippen molar-refractivity contribution >= 4 is 37.4 Å². The first-order chi connectivity index (χ1) is 6.24. The summed E-state index contributed by atoms with van der Waals surface area (Å²) >= 11 is 5.12. The van der Waals surface area contributed by atoms with Gasteiger partial charge in [-0.2, -0.15) is 5.26 Å². The highest BCUT2D eigenvalue weighted by molar-refractivity contribution is 9.10. The van der Waals surface area contributed by atoms with E-state index in [0.717, 1.165) is 9.17 Å². The molecule has 0 saturated heterocycles. The first kappa shape index (κ1) is 8.74. The zero-order valence-electron chi connectivity index (χ0n) is 6.97. The molecule has 0 fully saturated rings. The van der Waals surface area contributed by atoms with E-state index in [0.29, 0.717) is 5.56 Å². The van der Waals surface area contributed by atoms with Crippen LogP contribution in [0.1, 0.15) is 11.1 Å². The smallest absolute Gasteiger partial charge is 0.100 e. The molecule has 0 spiro atoms. The van der Waals surface area contributed by atoms with E-state index < -0.39 is 0 Å². The highest BCUT2D eigenvalue weighted by Crippen LogP contribution is 2.33. The summed E-state index contributed by atoms with van der Waals surface area (Å²) < 4.78 is 2.09. The molecule has 3 heteroatoms. The molecule has 0 saturated carbocycles. The summed E-state index contributed by atoms with van der Waals surface area (Å²) in [7, 11) is 0. The molecule has 1 nitrogen and oxygen atoms in total. The van der Waals surface area contributed by atoms with E-state index in [1.807, 2.05) is 12.1 Å². The average Bonchev–Trinajstić information content (AvgIpc) is 2.50. The van der Waals surface area contributed by atoms with Gasteiger partial charge in [0.15, 0.2) is 0 Å². The van der Waals surface area contributed by atoms with E-state index in [1.165, 1.54) is 10.9 Å². The molecule has 2 aromatic rings. The number of benzene rings is 1. The maximum atomic E-state index is 8.81. The van der Waals surface area contributed by atoms with Crippen LogP contribution in [0.5, 0.6) is 0 Å². The molecule has 0 N–H and O–H groups in total. The monoisotopic (exact) mass is 251 g/mol. The highest BCUT2D eigenvalue weighted by Gasteiger charge is 2.07. The minimum Gasteiger partial charge on any atom is -0.192 e. The van der Waals surface area contributed by atoms with Gasteiger partial charge in [-0.1, -0.05) is 6.07 Å². The van der Waals surface area contributed by atoms with Gasteiger partial charge in [-0.25, -0.2) is 0 Å². The maximum absolute atomic E-state index is 8.81. The first-order valence-electron chi connectivity index (χ1n) is 3.80. The quantitative estimate of drug-likeness (QED) is 0.698. The zero-order chi connectivity index (χ0) is 9.42. The third-order valence-electron chi connectivity index (χ3n) is 2.00. The van der Waals surface area contributed by atoms with Gasteiger partial charge >= 0.3 is 0 Å². The van der Waals surface area contributed by atoms with Crippen molar-refractivity contribution in [1.29, 1.82) is 5.26 Å². The van der Waals surface area contributed by atoms with E-state index in [9.17, 15) is 0 Å². The predicted octanol–water partition coefficient (Wildman–Crippen LogP) is 3.84. The molecule has 0 aliphatic carbocycles. The van der Waals surface area contributed by atoms with Crippen LogP contribution in [-0.2, 0) is 0 Å². The van der Waals surface area contributed by atoms with Gasteiger partial charge in [-0.05, 0) is 45.2 Å². The number of nitriles is 1. The van der Waals surface area contributed by atoms with E-state index >= 15 is 0 Å². The first-order valence-corrected chi connectivity index (χ1v) is 5.47. The molecular formula is C10H6BrNS. The molecule has 0 aliphatic rings. The Bertz CT molecular complexity index is 507. The summed E-state index contributed by atoms with van der Waals surface area (Å²) in [5.74, 6) is 0. The molecule has 1 aromatic heterocycles. The molecule has 0 amide bonds. The van der Waals surface area contributed by atoms with Crippen LogP contribution >= 0.6 is 27.3 Å². The normalized spacial score (nSPS) is 10.2. The Morgan fingerprint density at radius 1 is 1.46 bits per heavy atom. The summed E-state index contributed by atoms with van der Waals surface area (Å²) in [5, 5.41) is 12.1. The fourth-order valence-corrected chi connectivity index (χ4v) is 2.98. The Labute approximate surface area is 88.7 Å². The van der Waals surface area contributed by atoms with Crippen molar-refractivity contribution in [3.05, 3.63) is 33.1 Å². The van der Waals surface area contributed by atoms with Crippen LogP contribution in [0.3, 0.4) is 0 Å². The molecule has 1 heterocycles. The van der Waals surface area contributed by atoms with Crippen molar-refractivity contribution in [2.24, 2.45) is 0 Å². The lowest BCUT2D eigenvalue weighted by molar-refractivity contribution is 1.48. The predicted molar refractivity (Wildman–Crippen MR) is 59.0 cm³/mol. The van der Waals surface area contributed by atoms with Crippen LogP contribution in [0.25, 0.3) is 10.1 Å². The van der Waals surface area contributed by atoms with Crippen LogP contribution in [-0.4, -0.2) is 0 Å². The summed E-state index contributed by atoms with van der Waals surface area (Å²) in [4.78, 5) is 0. The van der Waals surface area contributed by atoms with E-state index in [4.69, 9.17) is 5.26 Å². The van der Waals surface area contributed by atoms with Gasteiger partial charge in [-0.3, -0.25) is 0 Å². The molecule has 0 bridgehead atoms. The fraction of sp³-hybridized carbons (Fsp3) is 0.100. The SMILES string of the molecule is Cc1csc2c(Br)c(C#N)ccc12.